The van der Waals surface area contributed by atoms with E-state index in [1.54, 1.807) is 27.9 Å². The van der Waals surface area contributed by atoms with Gasteiger partial charge in [0.2, 0.25) is 5.91 Å². The second-order valence-electron chi connectivity index (χ2n) is 5.65. The van der Waals surface area contributed by atoms with E-state index in [1.807, 2.05) is 31.2 Å². The Bertz CT molecular complexity index is 717. The molecule has 0 aliphatic carbocycles. The molecule has 1 aliphatic rings. The van der Waals surface area contributed by atoms with Gasteiger partial charge in [-0.25, -0.2) is 9.67 Å². The standard InChI is InChI=1S/C16H19N5O2S/c1-12(19(2)15(22)9-20-7-8-24-16(20)23)13-3-5-14(6-4-13)21-11-17-10-18-21/h3-6,10-12H,7-9H2,1-2H3/t12-/m1/s1. The number of benzene rings is 1. The lowest BCUT2D eigenvalue weighted by molar-refractivity contribution is -0.132. The van der Waals surface area contributed by atoms with E-state index >= 15 is 0 Å². The highest BCUT2D eigenvalue weighted by molar-refractivity contribution is 8.13. The highest BCUT2D eigenvalue weighted by Crippen LogP contribution is 2.22. The molecule has 2 heterocycles. The van der Waals surface area contributed by atoms with Gasteiger partial charge in [-0.1, -0.05) is 23.9 Å². The molecule has 0 N–H and O–H groups in total. The van der Waals surface area contributed by atoms with Crippen LogP contribution in [-0.2, 0) is 4.79 Å². The number of nitrogens with zero attached hydrogens (tertiary/aromatic N) is 5. The zero-order valence-corrected chi connectivity index (χ0v) is 14.4. The fraction of sp³-hybridized carbons (Fsp3) is 0.375. The average molecular weight is 345 g/mol. The molecule has 126 valence electrons. The minimum atomic E-state index is -0.0762. The molecule has 0 bridgehead atoms. The average Bonchev–Trinajstić information content (AvgIpc) is 3.26. The molecule has 24 heavy (non-hydrogen) atoms. The van der Waals surface area contributed by atoms with E-state index in [2.05, 4.69) is 10.1 Å². The predicted molar refractivity (Wildman–Crippen MR) is 92.0 cm³/mol. The second-order valence-corrected chi connectivity index (χ2v) is 6.69. The Morgan fingerprint density at radius 3 is 2.71 bits per heavy atom. The van der Waals surface area contributed by atoms with E-state index in [0.29, 0.717) is 6.54 Å². The maximum absolute atomic E-state index is 12.4. The van der Waals surface area contributed by atoms with Gasteiger partial charge in [0, 0.05) is 19.3 Å². The Kier molecular flexibility index (Phi) is 4.84. The molecule has 3 rings (SSSR count). The molecule has 7 nitrogen and oxygen atoms in total. The third-order valence-corrected chi connectivity index (χ3v) is 5.10. The van der Waals surface area contributed by atoms with Gasteiger partial charge in [-0.3, -0.25) is 9.59 Å². The van der Waals surface area contributed by atoms with Crippen LogP contribution < -0.4 is 0 Å². The fourth-order valence-electron chi connectivity index (χ4n) is 2.53. The summed E-state index contributed by atoms with van der Waals surface area (Å²) in [5.74, 6) is 0.702. The Morgan fingerprint density at radius 2 is 2.12 bits per heavy atom. The highest BCUT2D eigenvalue weighted by Gasteiger charge is 2.26. The van der Waals surface area contributed by atoms with Crippen LogP contribution in [0.25, 0.3) is 5.69 Å². The number of likely N-dealkylation sites (N-methyl/N-ethyl adjacent to an activating group) is 1. The van der Waals surface area contributed by atoms with Crippen molar-refractivity contribution in [3.8, 4) is 5.69 Å². The molecule has 8 heteroatoms. The first kappa shape index (κ1) is 16.5. The van der Waals surface area contributed by atoms with Crippen molar-refractivity contribution >= 4 is 22.9 Å². The smallest absolute Gasteiger partial charge is 0.282 e. The molecule has 1 atom stereocenters. The number of hydrogen-bond acceptors (Lipinski definition) is 5. The quantitative estimate of drug-likeness (QED) is 0.828. The van der Waals surface area contributed by atoms with Crippen molar-refractivity contribution in [3.63, 3.8) is 0 Å². The van der Waals surface area contributed by atoms with Crippen molar-refractivity contribution < 1.29 is 9.59 Å². The van der Waals surface area contributed by atoms with Crippen LogP contribution in [-0.4, -0.2) is 61.6 Å². The van der Waals surface area contributed by atoms with Gasteiger partial charge < -0.3 is 9.80 Å². The van der Waals surface area contributed by atoms with Crippen LogP contribution in [0.1, 0.15) is 18.5 Å². The molecule has 0 unspecified atom stereocenters. The van der Waals surface area contributed by atoms with Gasteiger partial charge in [0.05, 0.1) is 11.7 Å². The topological polar surface area (TPSA) is 71.3 Å². The number of hydrogen-bond donors (Lipinski definition) is 0. The molecule has 1 aromatic carbocycles. The lowest BCUT2D eigenvalue weighted by atomic mass is 10.1. The summed E-state index contributed by atoms with van der Waals surface area (Å²) in [5, 5.41) is 4.08. The van der Waals surface area contributed by atoms with Crippen LogP contribution >= 0.6 is 11.8 Å². The van der Waals surface area contributed by atoms with Gasteiger partial charge in [0.25, 0.3) is 5.24 Å². The second kappa shape index (κ2) is 7.04. The number of carbonyl (C=O) groups excluding carboxylic acids is 2. The van der Waals surface area contributed by atoms with E-state index in [9.17, 15) is 9.59 Å². The summed E-state index contributed by atoms with van der Waals surface area (Å²) in [6, 6.07) is 7.76. The highest BCUT2D eigenvalue weighted by atomic mass is 32.2. The van der Waals surface area contributed by atoms with Gasteiger partial charge >= 0.3 is 0 Å². The molecule has 2 amide bonds. The maximum atomic E-state index is 12.4. The van der Waals surface area contributed by atoms with Gasteiger partial charge in [-0.15, -0.1) is 0 Å². The van der Waals surface area contributed by atoms with E-state index in [1.165, 1.54) is 18.1 Å². The number of amides is 2. The fourth-order valence-corrected chi connectivity index (χ4v) is 3.36. The minimum absolute atomic E-state index is 0.0124. The lowest BCUT2D eigenvalue weighted by Crippen LogP contribution is -2.39. The third kappa shape index (κ3) is 3.43. The number of rotatable bonds is 5. The summed E-state index contributed by atoms with van der Waals surface area (Å²) in [4.78, 5) is 31.3. The zero-order chi connectivity index (χ0) is 17.1. The Hall–Kier alpha value is -2.35. The van der Waals surface area contributed by atoms with Gasteiger partial charge in [-0.2, -0.15) is 5.10 Å². The molecule has 1 aliphatic heterocycles. The van der Waals surface area contributed by atoms with Gasteiger partial charge in [-0.05, 0) is 24.6 Å². The Morgan fingerprint density at radius 1 is 1.38 bits per heavy atom. The van der Waals surface area contributed by atoms with E-state index in [4.69, 9.17) is 0 Å². The van der Waals surface area contributed by atoms with Crippen LogP contribution in [0.3, 0.4) is 0 Å². The number of carbonyl (C=O) groups is 2. The SMILES string of the molecule is C[C@H](c1ccc(-n2cncn2)cc1)N(C)C(=O)CN1CCSC1=O. The normalized spacial score (nSPS) is 15.6. The van der Waals surface area contributed by atoms with Gasteiger partial charge in [0.1, 0.15) is 19.2 Å². The summed E-state index contributed by atoms with van der Waals surface area (Å²) in [6.07, 6.45) is 3.13. The van der Waals surface area contributed by atoms with E-state index in [0.717, 1.165) is 17.0 Å². The minimum Gasteiger partial charge on any atom is -0.337 e. The van der Waals surface area contributed by atoms with E-state index in [-0.39, 0.29) is 23.7 Å². The van der Waals surface area contributed by atoms with Crippen LogP contribution in [0, 0.1) is 0 Å². The molecule has 1 saturated heterocycles. The molecule has 1 aromatic heterocycles. The predicted octanol–water partition coefficient (Wildman–Crippen LogP) is 1.96. The number of aromatic nitrogens is 3. The van der Waals surface area contributed by atoms with Gasteiger partial charge in [0.15, 0.2) is 0 Å². The number of thioether (sulfide) groups is 1. The van der Waals surface area contributed by atoms with Crippen LogP contribution in [0.5, 0.6) is 0 Å². The molecule has 1 fully saturated rings. The zero-order valence-electron chi connectivity index (χ0n) is 13.6. The van der Waals surface area contributed by atoms with Crippen molar-refractivity contribution in [1.29, 1.82) is 0 Å². The van der Waals surface area contributed by atoms with Crippen molar-refractivity contribution in [2.24, 2.45) is 0 Å². The first-order chi connectivity index (χ1) is 11.6. The monoisotopic (exact) mass is 345 g/mol. The van der Waals surface area contributed by atoms with E-state index < -0.39 is 0 Å². The summed E-state index contributed by atoms with van der Waals surface area (Å²) < 4.78 is 1.68. The van der Waals surface area contributed by atoms with Crippen molar-refractivity contribution in [1.82, 2.24) is 24.6 Å². The largest absolute Gasteiger partial charge is 0.337 e. The lowest BCUT2D eigenvalue weighted by Gasteiger charge is -2.27. The van der Waals surface area contributed by atoms with Crippen LogP contribution in [0.4, 0.5) is 4.79 Å². The molecule has 0 spiro atoms. The summed E-state index contributed by atoms with van der Waals surface area (Å²) in [7, 11) is 1.77. The molecular formula is C16H19N5O2S. The van der Waals surface area contributed by atoms with Crippen molar-refractivity contribution in [3.05, 3.63) is 42.5 Å². The first-order valence-electron chi connectivity index (χ1n) is 7.68. The van der Waals surface area contributed by atoms with Crippen molar-refractivity contribution in [2.75, 3.05) is 25.9 Å². The molecule has 0 radical (unpaired) electrons. The first-order valence-corrected chi connectivity index (χ1v) is 8.67. The maximum Gasteiger partial charge on any atom is 0.282 e. The van der Waals surface area contributed by atoms with Crippen LogP contribution in [0.2, 0.25) is 0 Å². The Balaban J connectivity index is 1.65. The Labute approximate surface area is 144 Å². The summed E-state index contributed by atoms with van der Waals surface area (Å²) in [5.41, 5.74) is 1.94. The molecule has 0 saturated carbocycles. The third-order valence-electron chi connectivity index (χ3n) is 4.20. The summed E-state index contributed by atoms with van der Waals surface area (Å²) >= 11 is 1.27. The molecular weight excluding hydrogens is 326 g/mol. The van der Waals surface area contributed by atoms with Crippen LogP contribution in [0.15, 0.2) is 36.9 Å². The summed E-state index contributed by atoms with van der Waals surface area (Å²) in [6.45, 7) is 2.76. The molecule has 2 aromatic rings. The van der Waals surface area contributed by atoms with Crippen molar-refractivity contribution in [2.45, 2.75) is 13.0 Å².